The average molecular weight is 251 g/mol. The summed E-state index contributed by atoms with van der Waals surface area (Å²) < 4.78 is 10.0. The normalized spacial score (nSPS) is 9.89. The number of para-hydroxylation sites is 1. The molecule has 0 atom stereocenters. The number of carbonyl (C=O) groups excluding carboxylic acids is 2. The van der Waals surface area contributed by atoms with Gasteiger partial charge in [0.25, 0.3) is 0 Å². The van der Waals surface area contributed by atoms with Crippen LogP contribution in [0.4, 0.5) is 0 Å². The van der Waals surface area contributed by atoms with E-state index in [0.717, 1.165) is 12.8 Å². The van der Waals surface area contributed by atoms with Crippen molar-refractivity contribution in [2.75, 3.05) is 13.2 Å². The Morgan fingerprint density at radius 3 is 2.67 bits per heavy atom. The highest BCUT2D eigenvalue weighted by molar-refractivity contribution is 5.93. The summed E-state index contributed by atoms with van der Waals surface area (Å²) in [6.45, 7) is 2.12. The molecule has 0 saturated carbocycles. The van der Waals surface area contributed by atoms with Crippen molar-refractivity contribution in [3.8, 4) is 5.75 Å². The summed E-state index contributed by atoms with van der Waals surface area (Å²) in [6.07, 6.45) is 1.74. The Morgan fingerprint density at radius 1 is 1.28 bits per heavy atom. The smallest absolute Gasteiger partial charge is 0.341 e. The standard InChI is InChI=1S/C13H17NO4/c1-2-3-8-17-13(16)10-6-4-5-7-11(10)18-12(15)9-14/h4-7H,2-3,8-9,14H2,1H3. The first-order valence-electron chi connectivity index (χ1n) is 5.86. The molecule has 5 heteroatoms. The van der Waals surface area contributed by atoms with Gasteiger partial charge < -0.3 is 15.2 Å². The van der Waals surface area contributed by atoms with Gasteiger partial charge in [-0.2, -0.15) is 0 Å². The van der Waals surface area contributed by atoms with Crippen molar-refractivity contribution in [3.05, 3.63) is 29.8 Å². The summed E-state index contributed by atoms with van der Waals surface area (Å²) in [5.41, 5.74) is 5.39. The minimum Gasteiger partial charge on any atom is -0.462 e. The largest absolute Gasteiger partial charge is 0.462 e. The topological polar surface area (TPSA) is 78.6 Å². The van der Waals surface area contributed by atoms with E-state index in [2.05, 4.69) is 0 Å². The number of hydrogen-bond acceptors (Lipinski definition) is 5. The van der Waals surface area contributed by atoms with Gasteiger partial charge >= 0.3 is 11.9 Å². The van der Waals surface area contributed by atoms with Crippen molar-refractivity contribution in [3.63, 3.8) is 0 Å². The van der Waals surface area contributed by atoms with Gasteiger partial charge in [-0.15, -0.1) is 0 Å². The lowest BCUT2D eigenvalue weighted by atomic mass is 10.2. The van der Waals surface area contributed by atoms with E-state index in [4.69, 9.17) is 15.2 Å². The quantitative estimate of drug-likeness (QED) is 0.471. The van der Waals surface area contributed by atoms with E-state index in [0.29, 0.717) is 6.61 Å². The minimum atomic E-state index is -0.594. The molecule has 0 spiro atoms. The Bertz CT molecular complexity index is 417. The number of esters is 2. The number of unbranched alkanes of at least 4 members (excludes halogenated alkanes) is 1. The molecule has 0 heterocycles. The Balaban J connectivity index is 2.74. The van der Waals surface area contributed by atoms with E-state index in [-0.39, 0.29) is 17.9 Å². The second kappa shape index (κ2) is 7.45. The monoisotopic (exact) mass is 251 g/mol. The average Bonchev–Trinajstić information content (AvgIpc) is 2.39. The van der Waals surface area contributed by atoms with Gasteiger partial charge in [0.2, 0.25) is 0 Å². The summed E-state index contributed by atoms with van der Waals surface area (Å²) in [6, 6.07) is 6.43. The number of benzene rings is 1. The number of carbonyl (C=O) groups is 2. The first-order valence-corrected chi connectivity index (χ1v) is 5.86. The number of rotatable bonds is 6. The van der Waals surface area contributed by atoms with E-state index in [1.165, 1.54) is 6.07 Å². The van der Waals surface area contributed by atoms with E-state index in [9.17, 15) is 9.59 Å². The van der Waals surface area contributed by atoms with Gasteiger partial charge in [-0.1, -0.05) is 25.5 Å². The lowest BCUT2D eigenvalue weighted by Crippen LogP contribution is -2.21. The third-order valence-corrected chi connectivity index (χ3v) is 2.23. The van der Waals surface area contributed by atoms with Crippen LogP contribution in [0.2, 0.25) is 0 Å². The predicted molar refractivity (Wildman–Crippen MR) is 66.3 cm³/mol. The van der Waals surface area contributed by atoms with Crippen LogP contribution in [0.1, 0.15) is 30.1 Å². The van der Waals surface area contributed by atoms with Crippen LogP contribution < -0.4 is 10.5 Å². The van der Waals surface area contributed by atoms with E-state index >= 15 is 0 Å². The molecule has 1 rings (SSSR count). The maximum absolute atomic E-state index is 11.8. The molecule has 0 aliphatic carbocycles. The highest BCUT2D eigenvalue weighted by Gasteiger charge is 2.15. The van der Waals surface area contributed by atoms with Gasteiger partial charge in [0, 0.05) is 0 Å². The van der Waals surface area contributed by atoms with Crippen LogP contribution in [0.3, 0.4) is 0 Å². The zero-order valence-electron chi connectivity index (χ0n) is 10.3. The highest BCUT2D eigenvalue weighted by Crippen LogP contribution is 2.19. The molecule has 18 heavy (non-hydrogen) atoms. The van der Waals surface area contributed by atoms with Crippen LogP contribution in [-0.2, 0) is 9.53 Å². The van der Waals surface area contributed by atoms with Gasteiger partial charge in [0.1, 0.15) is 11.3 Å². The zero-order chi connectivity index (χ0) is 13.4. The Labute approximate surface area is 106 Å². The van der Waals surface area contributed by atoms with Crippen LogP contribution in [0.15, 0.2) is 24.3 Å². The Hall–Kier alpha value is -1.88. The van der Waals surface area contributed by atoms with Gasteiger partial charge in [-0.25, -0.2) is 4.79 Å². The molecule has 0 fully saturated rings. The molecule has 2 N–H and O–H groups in total. The van der Waals surface area contributed by atoms with Crippen molar-refractivity contribution in [2.24, 2.45) is 5.73 Å². The number of ether oxygens (including phenoxy) is 2. The lowest BCUT2D eigenvalue weighted by Gasteiger charge is -2.09. The van der Waals surface area contributed by atoms with Gasteiger partial charge in [-0.05, 0) is 18.6 Å². The third kappa shape index (κ3) is 4.18. The molecule has 1 aromatic rings. The van der Waals surface area contributed by atoms with Crippen molar-refractivity contribution in [1.82, 2.24) is 0 Å². The summed E-state index contributed by atoms with van der Waals surface area (Å²) in [7, 11) is 0. The number of hydrogen-bond donors (Lipinski definition) is 1. The van der Waals surface area contributed by atoms with Crippen molar-refractivity contribution < 1.29 is 19.1 Å². The predicted octanol–water partition coefficient (Wildman–Crippen LogP) is 1.51. The first kappa shape index (κ1) is 14.2. The molecular formula is C13H17NO4. The first-order chi connectivity index (χ1) is 8.69. The van der Waals surface area contributed by atoms with E-state index in [1.54, 1.807) is 18.2 Å². The lowest BCUT2D eigenvalue weighted by molar-refractivity contribution is -0.132. The molecular weight excluding hydrogens is 234 g/mol. The van der Waals surface area contributed by atoms with E-state index < -0.39 is 11.9 Å². The van der Waals surface area contributed by atoms with Crippen LogP contribution in [0, 0.1) is 0 Å². The summed E-state index contributed by atoms with van der Waals surface area (Å²) in [5, 5.41) is 0. The Morgan fingerprint density at radius 2 is 2.00 bits per heavy atom. The van der Waals surface area contributed by atoms with Crippen LogP contribution in [-0.4, -0.2) is 25.1 Å². The third-order valence-electron chi connectivity index (χ3n) is 2.23. The van der Waals surface area contributed by atoms with Gasteiger partial charge in [0.05, 0.1) is 13.2 Å². The molecule has 0 aliphatic heterocycles. The van der Waals surface area contributed by atoms with Crippen LogP contribution in [0.5, 0.6) is 5.75 Å². The molecule has 1 aromatic carbocycles. The van der Waals surface area contributed by atoms with Crippen molar-refractivity contribution in [1.29, 1.82) is 0 Å². The molecule has 0 saturated heterocycles. The summed E-state index contributed by atoms with van der Waals surface area (Å²) in [5.74, 6) is -0.915. The maximum Gasteiger partial charge on any atom is 0.341 e. The molecule has 98 valence electrons. The SMILES string of the molecule is CCCCOC(=O)c1ccccc1OC(=O)CN. The second-order valence-electron chi connectivity index (χ2n) is 3.66. The zero-order valence-corrected chi connectivity index (χ0v) is 10.3. The van der Waals surface area contributed by atoms with Crippen LogP contribution >= 0.6 is 0 Å². The van der Waals surface area contributed by atoms with Gasteiger partial charge in [0.15, 0.2) is 0 Å². The Kier molecular flexibility index (Phi) is 5.87. The summed E-state index contributed by atoms with van der Waals surface area (Å²) in [4.78, 5) is 22.9. The fourth-order valence-electron chi connectivity index (χ4n) is 1.28. The van der Waals surface area contributed by atoms with E-state index in [1.807, 2.05) is 6.92 Å². The summed E-state index contributed by atoms with van der Waals surface area (Å²) >= 11 is 0. The minimum absolute atomic E-state index is 0.175. The fourth-order valence-corrected chi connectivity index (χ4v) is 1.28. The van der Waals surface area contributed by atoms with Crippen molar-refractivity contribution in [2.45, 2.75) is 19.8 Å². The molecule has 0 radical (unpaired) electrons. The number of nitrogens with two attached hydrogens (primary N) is 1. The molecule has 0 unspecified atom stereocenters. The van der Waals surface area contributed by atoms with Gasteiger partial charge in [-0.3, -0.25) is 4.79 Å². The van der Waals surface area contributed by atoms with Crippen molar-refractivity contribution >= 4 is 11.9 Å². The highest BCUT2D eigenvalue weighted by atomic mass is 16.5. The molecule has 5 nitrogen and oxygen atoms in total. The molecule has 0 bridgehead atoms. The molecule has 0 aliphatic rings. The second-order valence-corrected chi connectivity index (χ2v) is 3.66. The maximum atomic E-state index is 11.8. The van der Waals surface area contributed by atoms with Crippen LogP contribution in [0.25, 0.3) is 0 Å². The fraction of sp³-hybridized carbons (Fsp3) is 0.385. The molecule has 0 aromatic heterocycles. The molecule has 0 amide bonds.